The molecule has 0 unspecified atom stereocenters. The molecule has 110 valence electrons. The number of aliphatic hydroxyl groups is 1. The van der Waals surface area contributed by atoms with Crippen LogP contribution >= 0.6 is 11.3 Å². The van der Waals surface area contributed by atoms with E-state index in [0.717, 1.165) is 35.4 Å². The van der Waals surface area contributed by atoms with Gasteiger partial charge in [-0.3, -0.25) is 4.79 Å². The average molecular weight is 293 g/mol. The topological polar surface area (TPSA) is 49.3 Å². The smallest absolute Gasteiger partial charge is 0.223 e. The SMILES string of the molecule is CCCC(CCC)C(=O)NCc1ccc(C#CCO)s1. The molecule has 0 atom stereocenters. The van der Waals surface area contributed by atoms with Crippen molar-refractivity contribution in [2.75, 3.05) is 6.61 Å². The van der Waals surface area contributed by atoms with E-state index in [-0.39, 0.29) is 18.4 Å². The normalized spacial score (nSPS) is 10.2. The Balaban J connectivity index is 2.48. The van der Waals surface area contributed by atoms with Crippen LogP contribution in [0.4, 0.5) is 0 Å². The van der Waals surface area contributed by atoms with Gasteiger partial charge in [0.15, 0.2) is 0 Å². The van der Waals surface area contributed by atoms with Crippen LogP contribution in [0.15, 0.2) is 12.1 Å². The van der Waals surface area contributed by atoms with Gasteiger partial charge in [-0.2, -0.15) is 0 Å². The highest BCUT2D eigenvalue weighted by atomic mass is 32.1. The molecule has 1 amide bonds. The van der Waals surface area contributed by atoms with Crippen molar-refractivity contribution in [2.45, 2.75) is 46.1 Å². The highest BCUT2D eigenvalue weighted by Gasteiger charge is 2.16. The van der Waals surface area contributed by atoms with Gasteiger partial charge in [0.05, 0.1) is 11.4 Å². The number of hydrogen-bond acceptors (Lipinski definition) is 3. The predicted molar refractivity (Wildman–Crippen MR) is 83.4 cm³/mol. The zero-order valence-corrected chi connectivity index (χ0v) is 13.1. The fraction of sp³-hybridized carbons (Fsp3) is 0.562. The summed E-state index contributed by atoms with van der Waals surface area (Å²) in [5.74, 6) is 5.79. The molecule has 1 rings (SSSR count). The van der Waals surface area contributed by atoms with Crippen molar-refractivity contribution < 1.29 is 9.90 Å². The summed E-state index contributed by atoms with van der Waals surface area (Å²) in [5.41, 5.74) is 0. The molecule has 0 bridgehead atoms. The number of hydrogen-bond donors (Lipinski definition) is 2. The van der Waals surface area contributed by atoms with Gasteiger partial charge in [0.2, 0.25) is 5.91 Å². The van der Waals surface area contributed by atoms with Crippen molar-refractivity contribution in [3.8, 4) is 11.8 Å². The van der Waals surface area contributed by atoms with Crippen LogP contribution in [0.5, 0.6) is 0 Å². The van der Waals surface area contributed by atoms with Crippen LogP contribution in [-0.2, 0) is 11.3 Å². The lowest BCUT2D eigenvalue weighted by Crippen LogP contribution is -2.30. The van der Waals surface area contributed by atoms with Crippen LogP contribution in [0.2, 0.25) is 0 Å². The first kappa shape index (κ1) is 16.7. The second-order valence-corrected chi connectivity index (χ2v) is 5.89. The monoisotopic (exact) mass is 293 g/mol. The summed E-state index contributed by atoms with van der Waals surface area (Å²) in [6, 6.07) is 3.89. The molecule has 0 aliphatic heterocycles. The molecule has 2 N–H and O–H groups in total. The third-order valence-electron chi connectivity index (χ3n) is 3.03. The Morgan fingerprint density at radius 3 is 2.65 bits per heavy atom. The molecule has 0 radical (unpaired) electrons. The number of rotatable bonds is 7. The van der Waals surface area contributed by atoms with Crippen LogP contribution in [0.3, 0.4) is 0 Å². The minimum atomic E-state index is -0.125. The second kappa shape index (κ2) is 9.57. The summed E-state index contributed by atoms with van der Waals surface area (Å²) in [7, 11) is 0. The summed E-state index contributed by atoms with van der Waals surface area (Å²) in [6.07, 6.45) is 3.99. The Kier molecular flexibility index (Phi) is 8.01. The van der Waals surface area contributed by atoms with Crippen molar-refractivity contribution in [3.05, 3.63) is 21.9 Å². The van der Waals surface area contributed by atoms with Crippen molar-refractivity contribution >= 4 is 17.2 Å². The van der Waals surface area contributed by atoms with Gasteiger partial charge in [0.25, 0.3) is 0 Å². The first-order valence-electron chi connectivity index (χ1n) is 7.17. The van der Waals surface area contributed by atoms with E-state index < -0.39 is 0 Å². The van der Waals surface area contributed by atoms with Gasteiger partial charge in [-0.1, -0.05) is 38.5 Å². The molecule has 0 fully saturated rings. The second-order valence-electron chi connectivity index (χ2n) is 4.72. The van der Waals surface area contributed by atoms with Gasteiger partial charge in [0, 0.05) is 10.8 Å². The molecule has 1 aromatic heterocycles. The summed E-state index contributed by atoms with van der Waals surface area (Å²) in [5, 5.41) is 11.7. The number of thiophene rings is 1. The van der Waals surface area contributed by atoms with E-state index in [1.54, 1.807) is 11.3 Å². The van der Waals surface area contributed by atoms with E-state index in [1.165, 1.54) is 0 Å². The van der Waals surface area contributed by atoms with E-state index in [1.807, 2.05) is 12.1 Å². The number of carbonyl (C=O) groups excluding carboxylic acids is 1. The van der Waals surface area contributed by atoms with Crippen LogP contribution < -0.4 is 5.32 Å². The third kappa shape index (κ3) is 5.77. The predicted octanol–water partition coefficient (Wildman–Crippen LogP) is 2.92. The third-order valence-corrected chi connectivity index (χ3v) is 4.03. The average Bonchev–Trinajstić information content (AvgIpc) is 2.90. The highest BCUT2D eigenvalue weighted by molar-refractivity contribution is 7.12. The molecule has 20 heavy (non-hydrogen) atoms. The summed E-state index contributed by atoms with van der Waals surface area (Å²) in [6.45, 7) is 4.66. The molecular formula is C16H23NO2S. The maximum Gasteiger partial charge on any atom is 0.223 e. The number of amides is 1. The van der Waals surface area contributed by atoms with Gasteiger partial charge in [-0.25, -0.2) is 0 Å². The van der Waals surface area contributed by atoms with Gasteiger partial charge in [-0.15, -0.1) is 11.3 Å². The van der Waals surface area contributed by atoms with E-state index in [0.29, 0.717) is 6.54 Å². The summed E-state index contributed by atoms with van der Waals surface area (Å²) < 4.78 is 0. The minimum absolute atomic E-state index is 0.125. The molecule has 1 aromatic rings. The van der Waals surface area contributed by atoms with Gasteiger partial charge < -0.3 is 10.4 Å². The molecule has 0 aliphatic rings. The number of aliphatic hydroxyl groups excluding tert-OH is 1. The molecule has 0 aliphatic carbocycles. The summed E-state index contributed by atoms with van der Waals surface area (Å²) in [4.78, 5) is 14.1. The maximum absolute atomic E-state index is 12.1. The van der Waals surface area contributed by atoms with Crippen LogP contribution in [-0.4, -0.2) is 17.6 Å². The maximum atomic E-state index is 12.1. The summed E-state index contributed by atoms with van der Waals surface area (Å²) >= 11 is 1.55. The van der Waals surface area contributed by atoms with Crippen molar-refractivity contribution in [3.63, 3.8) is 0 Å². The van der Waals surface area contributed by atoms with Gasteiger partial charge >= 0.3 is 0 Å². The van der Waals surface area contributed by atoms with E-state index >= 15 is 0 Å². The zero-order chi connectivity index (χ0) is 14.8. The lowest BCUT2D eigenvalue weighted by molar-refractivity contribution is -0.125. The Hall–Kier alpha value is -1.31. The first-order chi connectivity index (χ1) is 9.71. The fourth-order valence-electron chi connectivity index (χ4n) is 2.09. The molecule has 3 nitrogen and oxygen atoms in total. The van der Waals surface area contributed by atoms with Crippen molar-refractivity contribution in [1.82, 2.24) is 5.32 Å². The molecule has 1 heterocycles. The Bertz CT molecular complexity index is 464. The molecule has 4 heteroatoms. The molecule has 0 saturated heterocycles. The lowest BCUT2D eigenvalue weighted by Gasteiger charge is -2.14. The van der Waals surface area contributed by atoms with Crippen LogP contribution in [0, 0.1) is 17.8 Å². The largest absolute Gasteiger partial charge is 0.384 e. The quantitative estimate of drug-likeness (QED) is 0.759. The van der Waals surface area contributed by atoms with E-state index in [4.69, 9.17) is 5.11 Å². The fourth-order valence-corrected chi connectivity index (χ4v) is 2.91. The number of carbonyl (C=O) groups is 1. The van der Waals surface area contributed by atoms with Crippen molar-refractivity contribution in [1.29, 1.82) is 0 Å². The molecule has 0 aromatic carbocycles. The Morgan fingerprint density at radius 1 is 1.35 bits per heavy atom. The molecule has 0 saturated carbocycles. The van der Waals surface area contributed by atoms with Crippen LogP contribution in [0.25, 0.3) is 0 Å². The first-order valence-corrected chi connectivity index (χ1v) is 7.99. The molecular weight excluding hydrogens is 270 g/mol. The Labute approximate surface area is 125 Å². The number of nitrogens with one attached hydrogen (secondary N) is 1. The van der Waals surface area contributed by atoms with E-state index in [9.17, 15) is 4.79 Å². The van der Waals surface area contributed by atoms with Gasteiger partial charge in [-0.05, 0) is 25.0 Å². The van der Waals surface area contributed by atoms with Crippen molar-refractivity contribution in [2.24, 2.45) is 5.92 Å². The van der Waals surface area contributed by atoms with Crippen LogP contribution in [0.1, 0.15) is 49.3 Å². The Morgan fingerprint density at radius 2 is 2.05 bits per heavy atom. The minimum Gasteiger partial charge on any atom is -0.384 e. The molecule has 0 spiro atoms. The standard InChI is InChI=1S/C16H23NO2S/c1-3-6-13(7-4-2)16(19)17-12-15-10-9-14(20-15)8-5-11-18/h9-10,13,18H,3-4,6-7,11-12H2,1-2H3,(H,17,19). The zero-order valence-electron chi connectivity index (χ0n) is 12.2. The highest BCUT2D eigenvalue weighted by Crippen LogP contribution is 2.17. The van der Waals surface area contributed by atoms with Gasteiger partial charge in [0.1, 0.15) is 6.61 Å². The van der Waals surface area contributed by atoms with E-state index in [2.05, 4.69) is 31.0 Å². The lowest BCUT2D eigenvalue weighted by atomic mass is 9.97.